The number of rotatable bonds is 3. The smallest absolute Gasteiger partial charge is 0.389 e. The van der Waals surface area contributed by atoms with Gasteiger partial charge in [-0.25, -0.2) is 14.8 Å². The molecule has 0 aliphatic carbocycles. The highest BCUT2D eigenvalue weighted by molar-refractivity contribution is 5.75. The molecular weight excluding hydrogens is 485 g/mol. The molecule has 8 nitrogen and oxygen atoms in total. The van der Waals surface area contributed by atoms with E-state index in [0.717, 1.165) is 16.8 Å². The standard InChI is InChI=1S/C26H31F3N6O2/c1-4-35-18(3)19-14-21(17(2)31-15-19)22-16-34-12-11-30-23(34)24(33-22)37-13-7-5-6-8-20(32-25(35)36)9-10-26(27,28)29/h5-6,11-12,14-16,18,20H,4,7-10,13H2,1-3H3,(H,32,36)/b6-5+/t18-,20-/m1/s1. The number of nitrogens with zero attached hydrogens (tertiary/aromatic N) is 5. The van der Waals surface area contributed by atoms with E-state index < -0.39 is 24.7 Å². The number of amides is 2. The summed E-state index contributed by atoms with van der Waals surface area (Å²) in [5.41, 5.74) is 3.56. The van der Waals surface area contributed by atoms with E-state index in [9.17, 15) is 18.0 Å². The fourth-order valence-electron chi connectivity index (χ4n) is 4.39. The van der Waals surface area contributed by atoms with E-state index >= 15 is 0 Å². The maximum Gasteiger partial charge on any atom is 0.389 e. The lowest BCUT2D eigenvalue weighted by Gasteiger charge is -2.31. The van der Waals surface area contributed by atoms with Crippen LogP contribution in [0.25, 0.3) is 16.9 Å². The molecule has 1 aliphatic heterocycles. The highest BCUT2D eigenvalue weighted by Gasteiger charge is 2.30. The molecule has 0 saturated heterocycles. The Hall–Kier alpha value is -3.63. The van der Waals surface area contributed by atoms with Crippen molar-refractivity contribution in [2.75, 3.05) is 13.2 Å². The number of carbonyl (C=O) groups is 1. The van der Waals surface area contributed by atoms with Crippen LogP contribution in [-0.2, 0) is 0 Å². The number of alkyl halides is 3. The van der Waals surface area contributed by atoms with Gasteiger partial charge in [-0.3, -0.25) is 4.98 Å². The second kappa shape index (κ2) is 11.2. The van der Waals surface area contributed by atoms with E-state index in [-0.39, 0.29) is 18.9 Å². The Balaban J connectivity index is 1.73. The second-order valence-electron chi connectivity index (χ2n) is 9.10. The summed E-state index contributed by atoms with van der Waals surface area (Å²) in [6.07, 6.45) is 6.02. The molecule has 2 atom stereocenters. The van der Waals surface area contributed by atoms with Crippen LogP contribution in [0.2, 0.25) is 0 Å². The van der Waals surface area contributed by atoms with Crippen molar-refractivity contribution < 1.29 is 22.7 Å². The number of nitrogens with one attached hydrogen (secondary N) is 1. The Bertz CT molecular complexity index is 1270. The van der Waals surface area contributed by atoms with Gasteiger partial charge in [-0.1, -0.05) is 12.2 Å². The molecule has 0 unspecified atom stereocenters. The van der Waals surface area contributed by atoms with Gasteiger partial charge in [0.2, 0.25) is 5.65 Å². The number of aromatic nitrogens is 4. The number of hydrogen-bond acceptors (Lipinski definition) is 5. The van der Waals surface area contributed by atoms with Crippen LogP contribution in [0.1, 0.15) is 56.8 Å². The number of halogens is 3. The quantitative estimate of drug-likeness (QED) is 0.456. The number of urea groups is 1. The first kappa shape index (κ1) is 26.4. The van der Waals surface area contributed by atoms with Crippen LogP contribution in [0.4, 0.5) is 18.0 Å². The van der Waals surface area contributed by atoms with Crippen molar-refractivity contribution in [3.63, 3.8) is 0 Å². The molecule has 37 heavy (non-hydrogen) atoms. The molecule has 198 valence electrons. The van der Waals surface area contributed by atoms with E-state index in [1.165, 1.54) is 0 Å². The summed E-state index contributed by atoms with van der Waals surface area (Å²) in [7, 11) is 0. The Morgan fingerprint density at radius 2 is 2.05 bits per heavy atom. The van der Waals surface area contributed by atoms with Gasteiger partial charge in [-0.15, -0.1) is 0 Å². The molecule has 0 radical (unpaired) electrons. The Kier molecular flexibility index (Phi) is 7.99. The minimum Gasteiger partial charge on any atom is -0.475 e. The average Bonchev–Trinajstić information content (AvgIpc) is 3.33. The first-order valence-corrected chi connectivity index (χ1v) is 12.4. The average molecular weight is 517 g/mol. The zero-order valence-corrected chi connectivity index (χ0v) is 21.1. The molecular formula is C26H31F3N6O2. The molecule has 2 amide bonds. The van der Waals surface area contributed by atoms with Gasteiger partial charge in [0.05, 0.1) is 18.3 Å². The fraction of sp³-hybridized carbons (Fsp3) is 0.462. The van der Waals surface area contributed by atoms with Crippen molar-refractivity contribution in [2.45, 2.75) is 64.7 Å². The molecule has 1 aliphatic rings. The molecule has 3 aromatic heterocycles. The number of aryl methyl sites for hydroxylation is 1. The topological polar surface area (TPSA) is 84.7 Å². The molecule has 4 rings (SSSR count). The predicted octanol–water partition coefficient (Wildman–Crippen LogP) is 5.63. The molecule has 1 N–H and O–H groups in total. The normalized spacial score (nSPS) is 20.3. The van der Waals surface area contributed by atoms with Crippen LogP contribution in [0, 0.1) is 6.92 Å². The van der Waals surface area contributed by atoms with E-state index in [4.69, 9.17) is 9.72 Å². The first-order chi connectivity index (χ1) is 17.7. The summed E-state index contributed by atoms with van der Waals surface area (Å²) in [5, 5.41) is 2.82. The zero-order chi connectivity index (χ0) is 26.6. The van der Waals surface area contributed by atoms with Crippen molar-refractivity contribution in [1.82, 2.24) is 29.6 Å². The molecule has 0 spiro atoms. The lowest BCUT2D eigenvalue weighted by molar-refractivity contribution is -0.136. The Morgan fingerprint density at radius 1 is 1.24 bits per heavy atom. The van der Waals surface area contributed by atoms with Crippen LogP contribution < -0.4 is 10.1 Å². The summed E-state index contributed by atoms with van der Waals surface area (Å²) in [6, 6.07) is 0.499. The van der Waals surface area contributed by atoms with Crippen molar-refractivity contribution in [3.05, 3.63) is 54.3 Å². The van der Waals surface area contributed by atoms with Gasteiger partial charge in [0.25, 0.3) is 5.88 Å². The van der Waals surface area contributed by atoms with Gasteiger partial charge in [0.1, 0.15) is 0 Å². The first-order valence-electron chi connectivity index (χ1n) is 12.4. The van der Waals surface area contributed by atoms with Crippen molar-refractivity contribution in [2.24, 2.45) is 0 Å². The van der Waals surface area contributed by atoms with Crippen LogP contribution in [0.3, 0.4) is 0 Å². The highest BCUT2D eigenvalue weighted by Crippen LogP contribution is 2.30. The number of carbonyl (C=O) groups excluding carboxylic acids is 1. The summed E-state index contributed by atoms with van der Waals surface area (Å²) < 4.78 is 46.6. The van der Waals surface area contributed by atoms with Gasteiger partial charge < -0.3 is 19.4 Å². The third-order valence-corrected chi connectivity index (χ3v) is 6.49. The Labute approximate surface area is 213 Å². The molecule has 0 aromatic carbocycles. The van der Waals surface area contributed by atoms with E-state index in [1.54, 1.807) is 23.4 Å². The summed E-state index contributed by atoms with van der Waals surface area (Å²) in [5.74, 6) is 0.383. The summed E-state index contributed by atoms with van der Waals surface area (Å²) >= 11 is 0. The monoisotopic (exact) mass is 516 g/mol. The maximum absolute atomic E-state index is 13.2. The molecule has 11 heteroatoms. The van der Waals surface area contributed by atoms with E-state index in [2.05, 4.69) is 15.3 Å². The van der Waals surface area contributed by atoms with Gasteiger partial charge >= 0.3 is 12.2 Å². The number of imidazole rings is 1. The van der Waals surface area contributed by atoms with Crippen molar-refractivity contribution >= 4 is 11.7 Å². The second-order valence-corrected chi connectivity index (χ2v) is 9.10. The van der Waals surface area contributed by atoms with Gasteiger partial charge in [0, 0.05) is 55.1 Å². The zero-order valence-electron chi connectivity index (χ0n) is 21.1. The molecule has 4 bridgehead atoms. The van der Waals surface area contributed by atoms with Crippen LogP contribution >= 0.6 is 0 Å². The molecule has 3 aromatic rings. The van der Waals surface area contributed by atoms with Crippen molar-refractivity contribution in [3.8, 4) is 17.1 Å². The van der Waals surface area contributed by atoms with Crippen LogP contribution in [0.15, 0.2) is 43.0 Å². The number of ether oxygens (including phenoxy) is 1. The van der Waals surface area contributed by atoms with Crippen LogP contribution in [-0.4, -0.2) is 55.7 Å². The number of fused-ring (bicyclic) bond motifs is 7. The van der Waals surface area contributed by atoms with Gasteiger partial charge in [-0.05, 0) is 51.7 Å². The lowest BCUT2D eigenvalue weighted by Crippen LogP contribution is -2.46. The predicted molar refractivity (Wildman–Crippen MR) is 133 cm³/mol. The number of hydrogen-bond donors (Lipinski definition) is 1. The number of pyridine rings is 1. The summed E-state index contributed by atoms with van der Waals surface area (Å²) in [6.45, 7) is 6.28. The third-order valence-electron chi connectivity index (χ3n) is 6.49. The minimum absolute atomic E-state index is 0.203. The SMILES string of the molecule is CCN1C(=O)N[C@@H](CCC(F)(F)F)C/C=C/CCOc2nc(cn3ccnc23)-c2cc(cnc2C)[C@H]1C. The minimum atomic E-state index is -4.30. The lowest BCUT2D eigenvalue weighted by atomic mass is 10.0. The fourth-order valence-corrected chi connectivity index (χ4v) is 4.39. The largest absolute Gasteiger partial charge is 0.475 e. The molecule has 0 saturated carbocycles. The van der Waals surface area contributed by atoms with E-state index in [0.29, 0.717) is 36.8 Å². The molecule has 0 fully saturated rings. The highest BCUT2D eigenvalue weighted by atomic mass is 19.4. The van der Waals surface area contributed by atoms with Crippen LogP contribution in [0.5, 0.6) is 5.88 Å². The van der Waals surface area contributed by atoms with Gasteiger partial charge in [-0.2, -0.15) is 13.2 Å². The van der Waals surface area contributed by atoms with Gasteiger partial charge in [0.15, 0.2) is 0 Å². The van der Waals surface area contributed by atoms with E-state index in [1.807, 2.05) is 49.7 Å². The summed E-state index contributed by atoms with van der Waals surface area (Å²) in [4.78, 5) is 28.4. The van der Waals surface area contributed by atoms with Crippen molar-refractivity contribution in [1.29, 1.82) is 0 Å². The maximum atomic E-state index is 13.2. The Morgan fingerprint density at radius 3 is 2.81 bits per heavy atom. The third kappa shape index (κ3) is 6.39. The molecule has 4 heterocycles.